The molecule has 136 heavy (non-hydrogen) atoms. The molecule has 4 N–H and O–H groups in total. The average molecular weight is 1810 g/mol. The Labute approximate surface area is 795 Å². The van der Waals surface area contributed by atoms with Gasteiger partial charge in [0.15, 0.2) is 0 Å². The Morgan fingerprint density at radius 3 is 0.721 bits per heavy atom. The zero-order valence-electron chi connectivity index (χ0n) is 79.8. The SMILES string of the molecule is CCc1ccc(C)n1-c1ccc(Nc2ccc(N=Nc3n(CCCn4cc[n+](CCCn5cc[n+](C)c5N=Nc5ccc(Nc6ccc(-n7c(C)ccc7CC)cc6)cc5)c4)cc[n+]3C)cc2)cc1.Cc1ccc(C)n1-c1ccc(Nc2ccc(N=Nc3n(CCCn4cc[n+](CCCn5cc[n+](C)c5N=Nc5ccc(Nc6ccc(-n7c(C)ccc7C)cc6)cc5)c4)cc[n+]3C)cc2)cc1. The summed E-state index contributed by atoms with van der Waals surface area (Å²) in [5, 5.41) is 50.9. The predicted octanol–water partition coefficient (Wildman–Crippen LogP) is 23.2. The van der Waals surface area contributed by atoms with Crippen LogP contribution in [0.5, 0.6) is 0 Å². The molecule has 0 aliphatic heterocycles. The zero-order chi connectivity index (χ0) is 94.0. The van der Waals surface area contributed by atoms with Crippen molar-refractivity contribution in [1.29, 1.82) is 0 Å². The summed E-state index contributed by atoms with van der Waals surface area (Å²) in [5.74, 6) is 3.22. The van der Waals surface area contributed by atoms with Gasteiger partial charge in [0, 0.05) is 160 Å². The minimum atomic E-state index is 0.794. The third-order valence-electron chi connectivity index (χ3n) is 24.7. The summed E-state index contributed by atoms with van der Waals surface area (Å²) < 4.78 is 34.8. The van der Waals surface area contributed by atoms with Crippen molar-refractivity contribution in [3.63, 3.8) is 0 Å². The Morgan fingerprint density at radius 2 is 0.463 bits per heavy atom. The van der Waals surface area contributed by atoms with Gasteiger partial charge in [0.1, 0.15) is 47.5 Å². The van der Waals surface area contributed by atoms with Crippen LogP contribution >= 0.6 is 0 Å². The van der Waals surface area contributed by atoms with Crippen molar-refractivity contribution in [2.75, 3.05) is 21.3 Å². The molecular weight excluding hydrogens is 1690 g/mol. The number of nitrogens with one attached hydrogen (secondary N) is 4. The second kappa shape index (κ2) is 43.0. The monoisotopic (exact) mass is 1810 g/mol. The number of benzene rings is 8. The maximum absolute atomic E-state index is 4.66. The van der Waals surface area contributed by atoms with E-state index >= 15 is 0 Å². The van der Waals surface area contributed by atoms with E-state index in [1.807, 2.05) is 168 Å². The van der Waals surface area contributed by atoms with E-state index in [1.54, 1.807) is 0 Å². The summed E-state index contributed by atoms with van der Waals surface area (Å²) in [4.78, 5) is 0. The number of hydrogen-bond acceptors (Lipinski definition) is 12. The van der Waals surface area contributed by atoms with E-state index in [-0.39, 0.29) is 0 Å². The molecule has 28 nitrogen and oxygen atoms in total. The Hall–Kier alpha value is -16.3. The largest absolute Gasteiger partial charge is 0.421 e. The molecule has 10 aromatic heterocycles. The lowest BCUT2D eigenvalue weighted by Gasteiger charge is -2.12. The second-order valence-corrected chi connectivity index (χ2v) is 34.7. The Morgan fingerprint density at radius 1 is 0.235 bits per heavy atom. The van der Waals surface area contributed by atoms with Gasteiger partial charge in [-0.25, -0.2) is 54.8 Å². The first-order chi connectivity index (χ1) is 66.3. The molecule has 18 rings (SSSR count). The molecule has 8 aromatic carbocycles. The summed E-state index contributed by atoms with van der Waals surface area (Å²) in [7, 11) is 8.01. The highest BCUT2D eigenvalue weighted by Gasteiger charge is 2.22. The molecule has 0 aliphatic rings. The van der Waals surface area contributed by atoms with Crippen LogP contribution in [0.15, 0.2) is 371 Å². The number of nitrogens with zero attached hydrogens (tertiary/aromatic N) is 24. The van der Waals surface area contributed by atoms with Crippen LogP contribution in [0.3, 0.4) is 0 Å². The van der Waals surface area contributed by atoms with Crippen molar-refractivity contribution in [2.24, 2.45) is 69.1 Å². The van der Waals surface area contributed by atoms with E-state index < -0.39 is 0 Å². The highest BCUT2D eigenvalue weighted by molar-refractivity contribution is 5.67. The van der Waals surface area contributed by atoms with Crippen LogP contribution in [0.2, 0.25) is 0 Å². The molecular formula is C108H122N28+6. The van der Waals surface area contributed by atoms with E-state index in [9.17, 15) is 0 Å². The van der Waals surface area contributed by atoms with Gasteiger partial charge < -0.3 is 39.5 Å². The van der Waals surface area contributed by atoms with E-state index in [1.165, 1.54) is 56.9 Å². The average Bonchev–Trinajstić information content (AvgIpc) is 1.69. The first-order valence-electron chi connectivity index (χ1n) is 46.8. The Balaban J connectivity index is 0.000000189. The van der Waals surface area contributed by atoms with E-state index in [0.29, 0.717) is 0 Å². The van der Waals surface area contributed by atoms with E-state index in [4.69, 9.17) is 0 Å². The number of hydrogen-bond donors (Lipinski definition) is 4. The van der Waals surface area contributed by atoms with Gasteiger partial charge in [-0.05, 0) is 297 Å². The van der Waals surface area contributed by atoms with Crippen LogP contribution in [-0.2, 0) is 93.4 Å². The molecule has 0 fully saturated rings. The van der Waals surface area contributed by atoms with Gasteiger partial charge >= 0.3 is 23.8 Å². The van der Waals surface area contributed by atoms with Crippen molar-refractivity contribution in [3.05, 3.63) is 375 Å². The molecule has 688 valence electrons. The van der Waals surface area contributed by atoms with E-state index in [0.717, 1.165) is 194 Å². The summed E-state index contributed by atoms with van der Waals surface area (Å²) in [6, 6.07) is 83.6. The molecule has 0 aliphatic carbocycles. The molecule has 0 radical (unpaired) electrons. The molecule has 0 atom stereocenters. The number of imidazole rings is 6. The molecule has 0 saturated carbocycles. The molecule has 10 heterocycles. The van der Waals surface area contributed by atoms with Crippen LogP contribution in [-0.4, -0.2) is 45.7 Å². The van der Waals surface area contributed by atoms with Crippen LogP contribution in [0.25, 0.3) is 22.7 Å². The van der Waals surface area contributed by atoms with Crippen LogP contribution in [0.1, 0.15) is 85.1 Å². The quantitative estimate of drug-likeness (QED) is 0.0219. The fourth-order valence-electron chi connectivity index (χ4n) is 17.3. The number of azo groups is 4. The molecule has 0 unspecified atom stereocenters. The van der Waals surface area contributed by atoms with Gasteiger partial charge in [0.25, 0.3) is 0 Å². The first kappa shape index (κ1) is 91.6. The van der Waals surface area contributed by atoms with Gasteiger partial charge in [0.05, 0.1) is 130 Å². The van der Waals surface area contributed by atoms with Gasteiger partial charge in [-0.1, -0.05) is 34.3 Å². The Kier molecular flexibility index (Phi) is 28.9. The zero-order valence-corrected chi connectivity index (χ0v) is 79.8. The smallest absolute Gasteiger partial charge is 0.356 e. The lowest BCUT2D eigenvalue weighted by atomic mass is 10.2. The third kappa shape index (κ3) is 22.7. The predicted molar refractivity (Wildman–Crippen MR) is 536 cm³/mol. The van der Waals surface area contributed by atoms with Crippen molar-refractivity contribution >= 4 is 92.0 Å². The molecule has 28 heteroatoms. The third-order valence-corrected chi connectivity index (χ3v) is 24.7. The van der Waals surface area contributed by atoms with Crippen LogP contribution in [0, 0.1) is 41.5 Å². The van der Waals surface area contributed by atoms with Crippen molar-refractivity contribution in [1.82, 2.24) is 45.7 Å². The highest BCUT2D eigenvalue weighted by atomic mass is 15.3. The fourth-order valence-corrected chi connectivity index (χ4v) is 17.3. The molecule has 0 bridgehead atoms. The number of aryl methyl sites for hydroxylation is 20. The first-order valence-corrected chi connectivity index (χ1v) is 46.8. The van der Waals surface area contributed by atoms with Gasteiger partial charge in [-0.2, -0.15) is 0 Å². The summed E-state index contributed by atoms with van der Waals surface area (Å²) in [6.45, 7) is 24.1. The molecule has 0 spiro atoms. The van der Waals surface area contributed by atoms with Gasteiger partial charge in [-0.3, -0.25) is 0 Å². The van der Waals surface area contributed by atoms with Crippen molar-refractivity contribution < 1.29 is 27.4 Å². The fraction of sp³-hybridized carbons (Fsp3) is 0.241. The van der Waals surface area contributed by atoms with Gasteiger partial charge in [0.2, 0.25) is 12.7 Å². The van der Waals surface area contributed by atoms with E-state index in [2.05, 4.69) is 380 Å². The van der Waals surface area contributed by atoms with Crippen molar-refractivity contribution in [3.8, 4) is 22.7 Å². The topological polar surface area (TPSA) is 220 Å². The second-order valence-electron chi connectivity index (χ2n) is 34.7. The highest BCUT2D eigenvalue weighted by Crippen LogP contribution is 2.32. The summed E-state index contributed by atoms with van der Waals surface area (Å²) >= 11 is 0. The van der Waals surface area contributed by atoms with Gasteiger partial charge in [-0.15, -0.1) is 0 Å². The van der Waals surface area contributed by atoms with Crippen molar-refractivity contribution in [2.45, 2.75) is 146 Å². The van der Waals surface area contributed by atoms with Crippen LogP contribution < -0.4 is 48.7 Å². The normalized spacial score (nSPS) is 11.7. The lowest BCUT2D eigenvalue weighted by Crippen LogP contribution is -2.32. The molecule has 18 aromatic rings. The Bertz CT molecular complexity index is 6670. The number of rotatable bonds is 38. The number of aromatic nitrogens is 16. The standard InChI is InChI=1S/C55H61N14.C53H57N14/c1-7-50-25-11-42(3)68(50)52-27-21-46(22-28-52)56-44-13-17-48(18-14-44)58-60-54-62(5)35-39-66(54)33-9-31-64-37-38-65(41-64)32-10-34-67-40-36-63(6)55(67)61-59-49-19-15-45(16-20-49)57-47-23-29-53(30-24-47)69-43(4)12-26-51(69)8-2;1-40-9-10-41(2)66(40)50-25-21-46(22-26-50)54-44-13-17-48(18-14-44)56-58-52-60(5)33-37-64(52)31-7-29-62-35-36-63(39-62)30-8-32-65-38-34-61(6)53(65)59-57-49-19-15-45(16-20-49)55-47-23-27-51(28-24-47)67-42(3)11-12-43(67)4/h11-30,35-41H,7-10,31-34H2,1-6H3;9-28,33-39H,7-8,29-32H2,1-6H3/q2*+1/p+4. The molecule has 0 saturated heterocycles. The lowest BCUT2D eigenvalue weighted by molar-refractivity contribution is -0.697. The molecule has 0 amide bonds. The number of anilines is 8. The summed E-state index contributed by atoms with van der Waals surface area (Å²) in [5.41, 5.74) is 25.9. The minimum Gasteiger partial charge on any atom is -0.356 e. The maximum Gasteiger partial charge on any atom is 0.421 e. The minimum absolute atomic E-state index is 0.794. The van der Waals surface area contributed by atoms with Crippen LogP contribution in [0.4, 0.5) is 92.0 Å². The maximum atomic E-state index is 4.66. The summed E-state index contributed by atoms with van der Waals surface area (Å²) in [6.07, 6.45) is 35.1.